The van der Waals surface area contributed by atoms with Crippen molar-refractivity contribution in [1.29, 1.82) is 0 Å². The Labute approximate surface area is 104 Å². The van der Waals surface area contributed by atoms with E-state index in [1.165, 1.54) is 26.4 Å². The summed E-state index contributed by atoms with van der Waals surface area (Å²) in [6.07, 6.45) is 5.66. The molecule has 0 atom stereocenters. The third kappa shape index (κ3) is 3.68. The number of hydrogen-bond donors (Lipinski definition) is 2. The number of methoxy groups -OCH3 is 1. The Hall–Kier alpha value is -0.610. The number of esters is 1. The first-order chi connectivity index (χ1) is 7.96. The molecule has 1 fully saturated rings. The van der Waals surface area contributed by atoms with Gasteiger partial charge in [0.25, 0.3) is 0 Å². The smallest absolute Gasteiger partial charge is 0.325 e. The lowest BCUT2D eigenvalue weighted by atomic mass is 9.74. The predicted molar refractivity (Wildman–Crippen MR) is 66.7 cm³/mol. The van der Waals surface area contributed by atoms with Gasteiger partial charge in [-0.2, -0.15) is 0 Å². The molecule has 0 radical (unpaired) electrons. The van der Waals surface area contributed by atoms with Crippen LogP contribution >= 0.6 is 0 Å². The Morgan fingerprint density at radius 3 is 2.41 bits per heavy atom. The van der Waals surface area contributed by atoms with Gasteiger partial charge in [0.2, 0.25) is 0 Å². The molecule has 0 saturated heterocycles. The van der Waals surface area contributed by atoms with Crippen LogP contribution in [0, 0.1) is 5.41 Å². The van der Waals surface area contributed by atoms with Gasteiger partial charge in [-0.3, -0.25) is 4.79 Å². The maximum Gasteiger partial charge on any atom is 0.325 e. The molecular formula is C13H25NO3. The monoisotopic (exact) mass is 243 g/mol. The van der Waals surface area contributed by atoms with Crippen molar-refractivity contribution in [2.45, 2.75) is 51.5 Å². The van der Waals surface area contributed by atoms with Gasteiger partial charge in [-0.05, 0) is 26.7 Å². The molecule has 0 spiro atoms. The molecule has 4 heteroatoms. The summed E-state index contributed by atoms with van der Waals surface area (Å²) in [4.78, 5) is 11.6. The van der Waals surface area contributed by atoms with Crippen LogP contribution in [-0.2, 0) is 9.53 Å². The Morgan fingerprint density at radius 1 is 1.35 bits per heavy atom. The van der Waals surface area contributed by atoms with E-state index in [9.17, 15) is 9.90 Å². The number of nitrogens with one attached hydrogen (secondary N) is 1. The normalized spacial score (nSPS) is 20.0. The van der Waals surface area contributed by atoms with Crippen molar-refractivity contribution in [2.24, 2.45) is 5.41 Å². The zero-order valence-electron chi connectivity index (χ0n) is 11.2. The number of aliphatic hydroxyl groups is 1. The molecule has 0 aromatic carbocycles. The van der Waals surface area contributed by atoms with Gasteiger partial charge in [-0.25, -0.2) is 0 Å². The third-order valence-electron chi connectivity index (χ3n) is 3.85. The summed E-state index contributed by atoms with van der Waals surface area (Å²) >= 11 is 0. The van der Waals surface area contributed by atoms with Crippen LogP contribution in [-0.4, -0.2) is 36.9 Å². The summed E-state index contributed by atoms with van der Waals surface area (Å²) < 4.78 is 4.76. The molecule has 0 aromatic rings. The lowest BCUT2D eigenvalue weighted by Crippen LogP contribution is -2.52. The van der Waals surface area contributed by atoms with Crippen LogP contribution in [0.25, 0.3) is 0 Å². The Balaban J connectivity index is 2.55. The minimum absolute atomic E-state index is 0.0520. The summed E-state index contributed by atoms with van der Waals surface area (Å²) in [7, 11) is 1.40. The summed E-state index contributed by atoms with van der Waals surface area (Å²) in [5.41, 5.74) is -0.738. The number of carbonyl (C=O) groups excluding carboxylic acids is 1. The first-order valence-corrected chi connectivity index (χ1v) is 6.40. The molecular weight excluding hydrogens is 218 g/mol. The van der Waals surface area contributed by atoms with Crippen LogP contribution in [0.3, 0.4) is 0 Å². The Bertz CT molecular complexity index is 257. The minimum Gasteiger partial charge on any atom is -0.468 e. The molecule has 0 heterocycles. The summed E-state index contributed by atoms with van der Waals surface area (Å²) in [6, 6.07) is 0. The van der Waals surface area contributed by atoms with E-state index >= 15 is 0 Å². The molecule has 0 bridgehead atoms. The predicted octanol–water partition coefficient (Wildman–Crippen LogP) is 1.47. The van der Waals surface area contributed by atoms with Gasteiger partial charge < -0.3 is 15.2 Å². The minimum atomic E-state index is -0.686. The van der Waals surface area contributed by atoms with Crippen LogP contribution in [0.5, 0.6) is 0 Å². The molecule has 4 nitrogen and oxygen atoms in total. The molecule has 0 aromatic heterocycles. The van der Waals surface area contributed by atoms with Crippen molar-refractivity contribution in [3.8, 4) is 0 Å². The lowest BCUT2D eigenvalue weighted by Gasteiger charge is -2.38. The number of hydrogen-bond acceptors (Lipinski definition) is 4. The topological polar surface area (TPSA) is 58.6 Å². The maximum absolute atomic E-state index is 11.6. The molecule has 1 aliphatic rings. The molecule has 0 unspecified atom stereocenters. The number of rotatable bonds is 5. The average molecular weight is 243 g/mol. The zero-order chi connectivity index (χ0) is 12.9. The Kier molecular flexibility index (Phi) is 4.95. The first-order valence-electron chi connectivity index (χ1n) is 6.40. The maximum atomic E-state index is 11.6. The fourth-order valence-corrected chi connectivity index (χ4v) is 2.43. The highest BCUT2D eigenvalue weighted by Gasteiger charge is 2.35. The second-order valence-corrected chi connectivity index (χ2v) is 5.69. The van der Waals surface area contributed by atoms with Crippen molar-refractivity contribution in [3.63, 3.8) is 0 Å². The molecule has 0 aliphatic heterocycles. The Morgan fingerprint density at radius 2 is 1.94 bits per heavy atom. The fraction of sp³-hybridized carbons (Fsp3) is 0.923. The molecule has 2 N–H and O–H groups in total. The van der Waals surface area contributed by atoms with Crippen LogP contribution in [0.1, 0.15) is 46.0 Å². The van der Waals surface area contributed by atoms with Crippen molar-refractivity contribution < 1.29 is 14.6 Å². The second kappa shape index (κ2) is 5.83. The fourth-order valence-electron chi connectivity index (χ4n) is 2.43. The van der Waals surface area contributed by atoms with Crippen molar-refractivity contribution in [3.05, 3.63) is 0 Å². The summed E-state index contributed by atoms with van der Waals surface area (Å²) in [5.74, 6) is -0.263. The first kappa shape index (κ1) is 14.5. The van der Waals surface area contributed by atoms with Crippen LogP contribution < -0.4 is 5.32 Å². The number of ether oxygens (including phenoxy) is 1. The van der Waals surface area contributed by atoms with Gasteiger partial charge in [-0.15, -0.1) is 0 Å². The summed E-state index contributed by atoms with van der Waals surface area (Å²) in [5, 5.41) is 12.8. The highest BCUT2D eigenvalue weighted by Crippen LogP contribution is 2.35. The van der Waals surface area contributed by atoms with Crippen molar-refractivity contribution in [1.82, 2.24) is 5.32 Å². The summed E-state index contributed by atoms with van der Waals surface area (Å²) in [6.45, 7) is 4.49. The van der Waals surface area contributed by atoms with Gasteiger partial charge in [0.1, 0.15) is 5.54 Å². The molecule has 1 rings (SSSR count). The van der Waals surface area contributed by atoms with Gasteiger partial charge >= 0.3 is 5.97 Å². The van der Waals surface area contributed by atoms with Gasteiger partial charge in [0.15, 0.2) is 0 Å². The van der Waals surface area contributed by atoms with E-state index < -0.39 is 5.54 Å². The van der Waals surface area contributed by atoms with E-state index in [1.807, 2.05) is 13.8 Å². The molecule has 1 saturated carbocycles. The average Bonchev–Trinajstić information content (AvgIpc) is 2.36. The second-order valence-electron chi connectivity index (χ2n) is 5.69. The van der Waals surface area contributed by atoms with Gasteiger partial charge in [0.05, 0.1) is 7.11 Å². The van der Waals surface area contributed by atoms with Gasteiger partial charge in [-0.1, -0.05) is 19.3 Å². The van der Waals surface area contributed by atoms with E-state index in [-0.39, 0.29) is 18.0 Å². The van der Waals surface area contributed by atoms with Crippen LogP contribution in [0.4, 0.5) is 0 Å². The number of carbonyl (C=O) groups is 1. The molecule has 1 aliphatic carbocycles. The van der Waals surface area contributed by atoms with Crippen LogP contribution in [0.2, 0.25) is 0 Å². The SMILES string of the molecule is COC(=O)C(C)(C)NCC1(CO)CCCCC1. The zero-order valence-corrected chi connectivity index (χ0v) is 11.2. The standard InChI is InChI=1S/C13H25NO3/c1-12(2,11(16)17-3)14-9-13(10-15)7-5-4-6-8-13/h14-15H,4-10H2,1-3H3. The van der Waals surface area contributed by atoms with Crippen LogP contribution in [0.15, 0.2) is 0 Å². The molecule has 17 heavy (non-hydrogen) atoms. The van der Waals surface area contributed by atoms with E-state index in [2.05, 4.69) is 5.32 Å². The highest BCUT2D eigenvalue weighted by molar-refractivity contribution is 5.79. The highest BCUT2D eigenvalue weighted by atomic mass is 16.5. The largest absolute Gasteiger partial charge is 0.468 e. The van der Waals surface area contributed by atoms with Gasteiger partial charge in [0, 0.05) is 18.6 Å². The quantitative estimate of drug-likeness (QED) is 0.718. The van der Waals surface area contributed by atoms with Crippen molar-refractivity contribution in [2.75, 3.05) is 20.3 Å². The third-order valence-corrected chi connectivity index (χ3v) is 3.85. The van der Waals surface area contributed by atoms with E-state index in [4.69, 9.17) is 4.74 Å². The van der Waals surface area contributed by atoms with E-state index in [1.54, 1.807) is 0 Å². The number of aliphatic hydroxyl groups excluding tert-OH is 1. The molecule has 0 amide bonds. The molecule has 100 valence electrons. The lowest BCUT2D eigenvalue weighted by molar-refractivity contribution is -0.147. The van der Waals surface area contributed by atoms with E-state index in [0.29, 0.717) is 6.54 Å². The van der Waals surface area contributed by atoms with E-state index in [0.717, 1.165) is 12.8 Å². The van der Waals surface area contributed by atoms with Crippen molar-refractivity contribution >= 4 is 5.97 Å².